The van der Waals surface area contributed by atoms with E-state index in [-0.39, 0.29) is 23.6 Å². The van der Waals surface area contributed by atoms with Gasteiger partial charge in [0.25, 0.3) is 11.8 Å². The molecule has 18 nitrogen and oxygen atoms in total. The van der Waals surface area contributed by atoms with Crippen molar-refractivity contribution in [3.8, 4) is 5.75 Å². The number of aryl methyl sites for hydroxylation is 1. The van der Waals surface area contributed by atoms with Crippen molar-refractivity contribution in [3.63, 3.8) is 0 Å². The Labute approximate surface area is 407 Å². The van der Waals surface area contributed by atoms with Crippen molar-refractivity contribution < 1.29 is 34.1 Å². The van der Waals surface area contributed by atoms with Gasteiger partial charge >= 0.3 is 0 Å². The molecule has 0 saturated carbocycles. The van der Waals surface area contributed by atoms with Crippen molar-refractivity contribution in [1.29, 1.82) is 0 Å². The fourth-order valence-electron chi connectivity index (χ4n) is 10.8. The van der Waals surface area contributed by atoms with Gasteiger partial charge in [-0.1, -0.05) is 45.1 Å². The number of nitrogens with two attached hydrogens (primary N) is 1. The van der Waals surface area contributed by atoms with Gasteiger partial charge in [0, 0.05) is 106 Å². The Hall–Kier alpha value is -5.11. The fourth-order valence-corrected chi connectivity index (χ4v) is 10.8. The molecule has 3 aromatic rings. The monoisotopic (exact) mass is 954 g/mol. The summed E-state index contributed by atoms with van der Waals surface area (Å²) >= 11 is 0. The van der Waals surface area contributed by atoms with Crippen LogP contribution in [0.15, 0.2) is 36.4 Å². The number of methoxy groups -OCH3 is 1. The number of piperazine rings is 1. The zero-order valence-electron chi connectivity index (χ0n) is 40.7. The molecular weight excluding hydrogens is 879 g/mol. The third kappa shape index (κ3) is 12.8. The normalized spacial score (nSPS) is 21.9. The summed E-state index contributed by atoms with van der Waals surface area (Å²) in [5.74, 6) is 0.900. The summed E-state index contributed by atoms with van der Waals surface area (Å²) in [6.07, 6.45) is 12.0. The van der Waals surface area contributed by atoms with Crippen LogP contribution in [0.4, 0.5) is 28.7 Å². The van der Waals surface area contributed by atoms with Crippen molar-refractivity contribution >= 4 is 46.4 Å². The molecule has 3 amide bonds. The number of benzene rings is 2. The highest BCUT2D eigenvalue weighted by atomic mass is 16.5. The van der Waals surface area contributed by atoms with Crippen LogP contribution < -0.4 is 36.6 Å². The van der Waals surface area contributed by atoms with E-state index in [0.717, 1.165) is 113 Å². The number of anilines is 5. The SMILES string of the molecule is CCc1nc(C(N)=O)c(Nc2ccc(N3CCC(N4CCN(CCCCCCCCCC(=O)Nc5cccc6c5CN(C5CCC(O)NC5O)C6=O)CC4)CC3)c(OC)c2)nc1NC1CCOCC1. The van der Waals surface area contributed by atoms with Gasteiger partial charge in [-0.3, -0.25) is 24.6 Å². The van der Waals surface area contributed by atoms with Crippen LogP contribution in [0, 0.1) is 0 Å². The Morgan fingerprint density at radius 2 is 1.62 bits per heavy atom. The van der Waals surface area contributed by atoms with Gasteiger partial charge in [0.1, 0.15) is 18.2 Å². The number of ether oxygens (including phenoxy) is 2. The predicted molar refractivity (Wildman–Crippen MR) is 267 cm³/mol. The molecule has 3 unspecified atom stereocenters. The summed E-state index contributed by atoms with van der Waals surface area (Å²) in [5, 5.41) is 32.9. The number of carbonyl (C=O) groups excluding carboxylic acids is 3. The van der Waals surface area contributed by atoms with Gasteiger partial charge in [0.2, 0.25) is 5.91 Å². The second kappa shape index (κ2) is 24.1. The summed E-state index contributed by atoms with van der Waals surface area (Å²) in [5.41, 5.74) is 10.4. The van der Waals surface area contributed by atoms with Crippen LogP contribution in [0.5, 0.6) is 5.75 Å². The van der Waals surface area contributed by atoms with E-state index in [9.17, 15) is 24.6 Å². The molecule has 0 aliphatic carbocycles. The first kappa shape index (κ1) is 50.3. The topological polar surface area (TPSA) is 223 Å². The minimum Gasteiger partial charge on any atom is -0.495 e. The quantitative estimate of drug-likeness (QED) is 0.0685. The number of hydrogen-bond acceptors (Lipinski definition) is 15. The Morgan fingerprint density at radius 1 is 0.884 bits per heavy atom. The second-order valence-electron chi connectivity index (χ2n) is 19.4. The highest BCUT2D eigenvalue weighted by Gasteiger charge is 2.40. The van der Waals surface area contributed by atoms with E-state index in [0.29, 0.717) is 80.1 Å². The molecule has 6 heterocycles. The number of nitrogens with one attached hydrogen (secondary N) is 4. The minimum absolute atomic E-state index is 0.0405. The minimum atomic E-state index is -1.00. The van der Waals surface area contributed by atoms with Crippen LogP contribution in [0.1, 0.15) is 129 Å². The average molecular weight is 954 g/mol. The standard InChI is InChI=1S/C51H75N11O7/c1-3-39-48(53-34-21-30-69-31-22-34)58-49(46(56-39)47(52)65)54-35-15-16-41(43(32-35)68-2)61-24-19-36(20-25-61)60-28-26-59(27-29-60)23-10-8-6-4-5-7-9-14-44(63)55-40-13-11-12-37-38(40)33-62(51(37)67)42-17-18-45(64)57-50(42)66/h11-13,15-16,32,34,36,42,45,50,57,64,66H,3-10,14,17-31,33H2,1-2H3,(H2,52,65)(H,55,63)(H2,53,54,58). The second-order valence-corrected chi connectivity index (χ2v) is 19.4. The lowest BCUT2D eigenvalue weighted by molar-refractivity contribution is -0.116. The summed E-state index contributed by atoms with van der Waals surface area (Å²) in [6, 6.07) is 11.8. The first-order valence-corrected chi connectivity index (χ1v) is 25.6. The van der Waals surface area contributed by atoms with E-state index in [1.165, 1.54) is 25.7 Å². The van der Waals surface area contributed by atoms with Gasteiger partial charge < -0.3 is 56.1 Å². The van der Waals surface area contributed by atoms with Crippen LogP contribution in [0.25, 0.3) is 0 Å². The molecule has 4 fully saturated rings. The number of aromatic nitrogens is 2. The van der Waals surface area contributed by atoms with Gasteiger partial charge in [-0.25, -0.2) is 9.97 Å². The van der Waals surface area contributed by atoms with E-state index in [1.54, 1.807) is 24.1 Å². The number of rotatable bonds is 21. The highest BCUT2D eigenvalue weighted by Crippen LogP contribution is 2.36. The Kier molecular flexibility index (Phi) is 17.6. The van der Waals surface area contributed by atoms with Crippen LogP contribution in [-0.4, -0.2) is 149 Å². The number of nitrogens with zero attached hydrogens (tertiary/aromatic N) is 6. The summed E-state index contributed by atoms with van der Waals surface area (Å²) in [4.78, 5) is 57.5. The number of aliphatic hydroxyl groups is 2. The maximum atomic E-state index is 13.2. The van der Waals surface area contributed by atoms with Gasteiger partial charge in [-0.15, -0.1) is 0 Å². The molecule has 0 radical (unpaired) electrons. The van der Waals surface area contributed by atoms with E-state index in [1.807, 2.05) is 25.1 Å². The highest BCUT2D eigenvalue weighted by molar-refractivity contribution is 6.02. The molecular formula is C51H75N11O7. The number of primary amides is 1. The molecule has 69 heavy (non-hydrogen) atoms. The Bertz CT molecular complexity index is 2210. The van der Waals surface area contributed by atoms with Crippen LogP contribution in [0.3, 0.4) is 0 Å². The van der Waals surface area contributed by atoms with Crippen molar-refractivity contribution in [3.05, 3.63) is 58.9 Å². The number of piperidine rings is 2. The maximum absolute atomic E-state index is 13.2. The number of fused-ring (bicyclic) bond motifs is 1. The molecule has 18 heteroatoms. The zero-order chi connectivity index (χ0) is 48.3. The molecule has 0 spiro atoms. The van der Waals surface area contributed by atoms with E-state index >= 15 is 0 Å². The predicted octanol–water partition coefficient (Wildman–Crippen LogP) is 5.17. The first-order valence-electron chi connectivity index (χ1n) is 25.6. The lowest BCUT2D eigenvalue weighted by atomic mass is 10.0. The number of amides is 3. The van der Waals surface area contributed by atoms with E-state index in [4.69, 9.17) is 20.2 Å². The van der Waals surface area contributed by atoms with E-state index < -0.39 is 24.4 Å². The number of hydrogen-bond donors (Lipinski definition) is 7. The molecule has 8 N–H and O–H groups in total. The third-order valence-electron chi connectivity index (χ3n) is 14.8. The van der Waals surface area contributed by atoms with Gasteiger partial charge in [-0.2, -0.15) is 0 Å². The molecule has 0 bridgehead atoms. The van der Waals surface area contributed by atoms with Crippen LogP contribution >= 0.6 is 0 Å². The van der Waals surface area contributed by atoms with Crippen molar-refractivity contribution in [2.75, 3.05) is 87.0 Å². The number of aliphatic hydroxyl groups excluding tert-OH is 2. The molecule has 5 aliphatic rings. The summed E-state index contributed by atoms with van der Waals surface area (Å²) in [6.45, 7) is 11.2. The van der Waals surface area contributed by atoms with E-state index in [2.05, 4.69) is 47.0 Å². The Balaban J connectivity index is 0.694. The summed E-state index contributed by atoms with van der Waals surface area (Å²) in [7, 11) is 1.69. The molecule has 4 saturated heterocycles. The first-order chi connectivity index (χ1) is 33.6. The maximum Gasteiger partial charge on any atom is 0.271 e. The Morgan fingerprint density at radius 3 is 2.33 bits per heavy atom. The van der Waals surface area contributed by atoms with Crippen LogP contribution in [0.2, 0.25) is 0 Å². The van der Waals surface area contributed by atoms with Crippen molar-refractivity contribution in [2.45, 2.75) is 140 Å². The third-order valence-corrected chi connectivity index (χ3v) is 14.8. The van der Waals surface area contributed by atoms with Crippen molar-refractivity contribution in [2.24, 2.45) is 5.73 Å². The smallest absolute Gasteiger partial charge is 0.271 e. The molecule has 3 atom stereocenters. The van der Waals surface area contributed by atoms with Gasteiger partial charge in [0.15, 0.2) is 17.3 Å². The van der Waals surface area contributed by atoms with Gasteiger partial charge in [-0.05, 0) is 88.6 Å². The number of carbonyl (C=O) groups is 3. The number of unbranched alkanes of at least 4 members (excludes halogenated alkanes) is 6. The zero-order valence-corrected chi connectivity index (χ0v) is 40.7. The molecule has 5 aliphatic heterocycles. The lowest BCUT2D eigenvalue weighted by Gasteiger charge is -2.43. The summed E-state index contributed by atoms with van der Waals surface area (Å²) < 4.78 is 11.4. The fraction of sp³-hybridized carbons (Fsp3) is 0.627. The molecule has 2 aromatic carbocycles. The lowest BCUT2D eigenvalue weighted by Crippen LogP contribution is -2.56. The van der Waals surface area contributed by atoms with Gasteiger partial charge in [0.05, 0.1) is 24.5 Å². The molecule has 1 aromatic heterocycles. The van der Waals surface area contributed by atoms with Crippen molar-refractivity contribution in [1.82, 2.24) is 30.0 Å². The van der Waals surface area contributed by atoms with Crippen LogP contribution in [-0.2, 0) is 22.5 Å². The average Bonchev–Trinajstić information content (AvgIpc) is 3.70. The molecule has 8 rings (SSSR count). The largest absolute Gasteiger partial charge is 0.495 e. The molecule has 376 valence electrons.